The number of aryl methyl sites for hydroxylation is 2. The van der Waals surface area contributed by atoms with Gasteiger partial charge in [-0.05, 0) is 74.0 Å². The van der Waals surface area contributed by atoms with Gasteiger partial charge in [0.2, 0.25) is 0 Å². The fraction of sp³-hybridized carbons (Fsp3) is 0.273. The molecule has 0 bridgehead atoms. The van der Waals surface area contributed by atoms with Crippen molar-refractivity contribution in [2.75, 3.05) is 0 Å². The van der Waals surface area contributed by atoms with Crippen LogP contribution in [0.5, 0.6) is 0 Å². The number of rotatable bonds is 4. The number of aromatic nitrogens is 1. The summed E-state index contributed by atoms with van der Waals surface area (Å²) in [5.74, 6) is -0.543. The van der Waals surface area contributed by atoms with E-state index in [4.69, 9.17) is 0 Å². The van der Waals surface area contributed by atoms with Crippen molar-refractivity contribution in [1.29, 1.82) is 0 Å². The van der Waals surface area contributed by atoms with Crippen LogP contribution in [0.2, 0.25) is 0 Å². The number of fused-ring (bicyclic) bond motifs is 1. The Bertz CT molecular complexity index is 1080. The molecule has 0 atom stereocenters. The number of hydrogen-bond donors (Lipinski definition) is 1. The molecule has 0 saturated heterocycles. The molecule has 1 saturated carbocycles. The fourth-order valence-corrected chi connectivity index (χ4v) is 3.54. The van der Waals surface area contributed by atoms with Crippen LogP contribution in [0.15, 0.2) is 47.3 Å². The van der Waals surface area contributed by atoms with E-state index in [9.17, 15) is 14.0 Å². The molecular formula is C22H21FN2O2. The predicted octanol–water partition coefficient (Wildman–Crippen LogP) is 4.09. The highest BCUT2D eigenvalue weighted by Crippen LogP contribution is 2.30. The Hall–Kier alpha value is -2.95. The summed E-state index contributed by atoms with van der Waals surface area (Å²) in [5, 5.41) is 0.965. The number of aromatic amines is 1. The molecule has 1 aliphatic carbocycles. The molecule has 1 amide bonds. The molecule has 1 aliphatic rings. The number of carbonyl (C=O) groups is 1. The van der Waals surface area contributed by atoms with Gasteiger partial charge in [-0.15, -0.1) is 0 Å². The molecule has 138 valence electrons. The summed E-state index contributed by atoms with van der Waals surface area (Å²) < 4.78 is 13.2. The summed E-state index contributed by atoms with van der Waals surface area (Å²) >= 11 is 0. The molecule has 4 rings (SSSR count). The minimum atomic E-state index is -0.374. The van der Waals surface area contributed by atoms with E-state index >= 15 is 0 Å². The monoisotopic (exact) mass is 364 g/mol. The molecule has 0 radical (unpaired) electrons. The van der Waals surface area contributed by atoms with Crippen molar-refractivity contribution in [3.63, 3.8) is 0 Å². The Kier molecular flexibility index (Phi) is 4.30. The predicted molar refractivity (Wildman–Crippen MR) is 103 cm³/mol. The lowest BCUT2D eigenvalue weighted by Crippen LogP contribution is -2.34. The maximum Gasteiger partial charge on any atom is 0.254 e. The summed E-state index contributed by atoms with van der Waals surface area (Å²) in [7, 11) is 0. The van der Waals surface area contributed by atoms with E-state index in [0.717, 1.165) is 34.9 Å². The number of amides is 1. The SMILES string of the molecule is Cc1cc(C)c2[nH]c(=O)c(CN(C(=O)c3ccc(F)cc3)C3CC3)cc2c1. The Morgan fingerprint density at radius 1 is 1.15 bits per heavy atom. The molecule has 1 heterocycles. The van der Waals surface area contributed by atoms with Gasteiger partial charge in [0.25, 0.3) is 11.5 Å². The Morgan fingerprint density at radius 2 is 1.85 bits per heavy atom. The van der Waals surface area contributed by atoms with Crippen molar-refractivity contribution in [3.05, 3.63) is 80.9 Å². The number of hydrogen-bond acceptors (Lipinski definition) is 2. The summed E-state index contributed by atoms with van der Waals surface area (Å²) in [4.78, 5) is 30.2. The smallest absolute Gasteiger partial charge is 0.254 e. The molecular weight excluding hydrogens is 343 g/mol. The summed E-state index contributed by atoms with van der Waals surface area (Å²) in [6, 6.07) is 11.6. The minimum Gasteiger partial charge on any atom is -0.331 e. The van der Waals surface area contributed by atoms with E-state index in [1.807, 2.05) is 32.0 Å². The zero-order valence-corrected chi connectivity index (χ0v) is 15.4. The minimum absolute atomic E-state index is 0.136. The molecule has 1 aromatic heterocycles. The topological polar surface area (TPSA) is 53.2 Å². The summed E-state index contributed by atoms with van der Waals surface area (Å²) in [5.41, 5.74) is 3.81. The Balaban J connectivity index is 1.70. The van der Waals surface area contributed by atoms with Crippen molar-refractivity contribution >= 4 is 16.8 Å². The van der Waals surface area contributed by atoms with Gasteiger partial charge in [0.15, 0.2) is 0 Å². The second kappa shape index (κ2) is 6.65. The van der Waals surface area contributed by atoms with Gasteiger partial charge < -0.3 is 9.88 Å². The second-order valence-corrected chi connectivity index (χ2v) is 7.34. The van der Waals surface area contributed by atoms with Crippen LogP contribution in [0, 0.1) is 19.7 Å². The number of carbonyl (C=O) groups excluding carboxylic acids is 1. The number of H-pyrrole nitrogens is 1. The van der Waals surface area contributed by atoms with E-state index < -0.39 is 0 Å². The van der Waals surface area contributed by atoms with Crippen LogP contribution in [0.4, 0.5) is 4.39 Å². The number of halogens is 1. The standard InChI is InChI=1S/C22H21FN2O2/c1-13-9-14(2)20-16(10-13)11-17(21(26)24-20)12-25(19-7-8-19)22(27)15-3-5-18(23)6-4-15/h3-6,9-11,19H,7-8,12H2,1-2H3,(H,24,26). The molecule has 5 heteroatoms. The highest BCUT2D eigenvalue weighted by Gasteiger charge is 2.33. The number of nitrogens with one attached hydrogen (secondary N) is 1. The van der Waals surface area contributed by atoms with Crippen molar-refractivity contribution in [2.24, 2.45) is 0 Å². The number of benzene rings is 2. The van der Waals surface area contributed by atoms with Crippen LogP contribution in [0.1, 0.15) is 39.9 Å². The zero-order valence-electron chi connectivity index (χ0n) is 15.4. The third-order valence-corrected chi connectivity index (χ3v) is 5.05. The maximum absolute atomic E-state index is 13.2. The van der Waals surface area contributed by atoms with Crippen LogP contribution in [-0.2, 0) is 6.54 Å². The lowest BCUT2D eigenvalue weighted by atomic mass is 10.0. The molecule has 2 aromatic carbocycles. The highest BCUT2D eigenvalue weighted by molar-refractivity contribution is 5.94. The number of pyridine rings is 1. The first kappa shape index (κ1) is 17.5. The van der Waals surface area contributed by atoms with Crippen LogP contribution in [-0.4, -0.2) is 21.8 Å². The Labute approximate surface area is 156 Å². The van der Waals surface area contributed by atoms with Crippen molar-refractivity contribution in [1.82, 2.24) is 9.88 Å². The first-order valence-corrected chi connectivity index (χ1v) is 9.12. The van der Waals surface area contributed by atoms with Crippen LogP contribution in [0.3, 0.4) is 0 Å². The highest BCUT2D eigenvalue weighted by atomic mass is 19.1. The quantitative estimate of drug-likeness (QED) is 0.758. The van der Waals surface area contributed by atoms with E-state index in [1.54, 1.807) is 4.90 Å². The molecule has 0 aliphatic heterocycles. The summed E-state index contributed by atoms with van der Waals surface area (Å²) in [6.45, 7) is 4.24. The second-order valence-electron chi connectivity index (χ2n) is 7.34. The summed E-state index contributed by atoms with van der Waals surface area (Å²) in [6.07, 6.45) is 1.85. The van der Waals surface area contributed by atoms with Gasteiger partial charge in [0, 0.05) is 17.2 Å². The molecule has 3 aromatic rings. The van der Waals surface area contributed by atoms with Gasteiger partial charge in [-0.1, -0.05) is 11.6 Å². The van der Waals surface area contributed by atoms with Gasteiger partial charge in [-0.2, -0.15) is 0 Å². The molecule has 0 unspecified atom stereocenters. The lowest BCUT2D eigenvalue weighted by Gasteiger charge is -2.22. The van der Waals surface area contributed by atoms with Crippen molar-refractivity contribution in [3.8, 4) is 0 Å². The van der Waals surface area contributed by atoms with E-state index in [1.165, 1.54) is 24.3 Å². The third-order valence-electron chi connectivity index (χ3n) is 5.05. The molecule has 0 spiro atoms. The van der Waals surface area contributed by atoms with Crippen molar-refractivity contribution < 1.29 is 9.18 Å². The van der Waals surface area contributed by atoms with Gasteiger partial charge in [0.05, 0.1) is 12.1 Å². The van der Waals surface area contributed by atoms with Crippen molar-refractivity contribution in [2.45, 2.75) is 39.3 Å². The van der Waals surface area contributed by atoms with Gasteiger partial charge in [0.1, 0.15) is 5.82 Å². The van der Waals surface area contributed by atoms with E-state index in [0.29, 0.717) is 11.1 Å². The largest absolute Gasteiger partial charge is 0.331 e. The third kappa shape index (κ3) is 3.50. The molecule has 4 nitrogen and oxygen atoms in total. The van der Waals surface area contributed by atoms with Crippen LogP contribution in [0.25, 0.3) is 10.9 Å². The van der Waals surface area contributed by atoms with Gasteiger partial charge in [-0.25, -0.2) is 4.39 Å². The number of nitrogens with zero attached hydrogens (tertiary/aromatic N) is 1. The van der Waals surface area contributed by atoms with Gasteiger partial charge >= 0.3 is 0 Å². The maximum atomic E-state index is 13.2. The zero-order chi connectivity index (χ0) is 19.1. The first-order valence-electron chi connectivity index (χ1n) is 9.12. The fourth-order valence-electron chi connectivity index (χ4n) is 3.54. The molecule has 1 N–H and O–H groups in total. The first-order chi connectivity index (χ1) is 12.9. The average molecular weight is 364 g/mol. The Morgan fingerprint density at radius 3 is 2.52 bits per heavy atom. The average Bonchev–Trinajstić information content (AvgIpc) is 3.46. The molecule has 1 fully saturated rings. The van der Waals surface area contributed by atoms with E-state index in [2.05, 4.69) is 4.98 Å². The van der Waals surface area contributed by atoms with Crippen LogP contribution >= 0.6 is 0 Å². The van der Waals surface area contributed by atoms with Crippen LogP contribution < -0.4 is 5.56 Å². The van der Waals surface area contributed by atoms with E-state index in [-0.39, 0.29) is 29.9 Å². The van der Waals surface area contributed by atoms with Gasteiger partial charge in [-0.3, -0.25) is 9.59 Å². The molecule has 27 heavy (non-hydrogen) atoms. The lowest BCUT2D eigenvalue weighted by molar-refractivity contribution is 0.0729. The normalized spacial score (nSPS) is 13.7.